The van der Waals surface area contributed by atoms with Gasteiger partial charge in [0.1, 0.15) is 31.3 Å². The van der Waals surface area contributed by atoms with E-state index in [0.717, 1.165) is 22.9 Å². The first-order valence-corrected chi connectivity index (χ1v) is 11.5. The molecule has 0 aliphatic carbocycles. The first kappa shape index (κ1) is 30.3. The van der Waals surface area contributed by atoms with E-state index in [1.807, 2.05) is 0 Å². The number of alkyl halides is 7. The van der Waals surface area contributed by atoms with E-state index in [2.05, 4.69) is 15.6 Å². The summed E-state index contributed by atoms with van der Waals surface area (Å²) in [5.41, 5.74) is -0.606. The Bertz CT molecular complexity index is 1290. The van der Waals surface area contributed by atoms with Crippen molar-refractivity contribution >= 4 is 11.8 Å². The van der Waals surface area contributed by atoms with E-state index in [9.17, 15) is 40.3 Å². The van der Waals surface area contributed by atoms with Crippen molar-refractivity contribution in [3.05, 3.63) is 71.0 Å². The van der Waals surface area contributed by atoms with Gasteiger partial charge in [0.2, 0.25) is 0 Å². The third-order valence-electron chi connectivity index (χ3n) is 5.09. The zero-order chi connectivity index (χ0) is 29.3. The average molecular weight is 577 g/mol. The van der Waals surface area contributed by atoms with Crippen LogP contribution in [-0.2, 0) is 17.5 Å². The van der Waals surface area contributed by atoms with Gasteiger partial charge in [-0.2, -0.15) is 26.3 Å². The molecular formula is C24H22F7N5O4. The molecule has 2 amide bonds. The van der Waals surface area contributed by atoms with Crippen LogP contribution in [-0.4, -0.2) is 66.0 Å². The molecule has 1 heterocycles. The molecule has 3 aromatic rings. The highest BCUT2D eigenvalue weighted by molar-refractivity contribution is 5.95. The predicted octanol–water partition coefficient (Wildman–Crippen LogP) is 3.87. The summed E-state index contributed by atoms with van der Waals surface area (Å²) in [7, 11) is 0. The summed E-state index contributed by atoms with van der Waals surface area (Å²) in [5, 5.41) is 11.8. The Balaban J connectivity index is 1.73. The largest absolute Gasteiger partial charge is 0.489 e. The van der Waals surface area contributed by atoms with E-state index in [-0.39, 0.29) is 49.1 Å². The van der Waals surface area contributed by atoms with Crippen LogP contribution in [0.3, 0.4) is 0 Å². The third kappa shape index (κ3) is 8.93. The first-order chi connectivity index (χ1) is 18.9. The van der Waals surface area contributed by atoms with Crippen molar-refractivity contribution in [2.75, 3.05) is 33.0 Å². The smallest absolute Gasteiger partial charge is 0.416 e. The van der Waals surface area contributed by atoms with Gasteiger partial charge in [-0.25, -0.2) is 9.07 Å². The Hall–Kier alpha value is -4.21. The molecule has 3 rings (SSSR count). The molecule has 216 valence electrons. The summed E-state index contributed by atoms with van der Waals surface area (Å²) >= 11 is 0. The quantitative estimate of drug-likeness (QED) is 0.250. The number of carbonyl (C=O) groups is 2. The van der Waals surface area contributed by atoms with Gasteiger partial charge in [0.15, 0.2) is 5.69 Å². The Labute approximate surface area is 222 Å². The van der Waals surface area contributed by atoms with E-state index in [4.69, 9.17) is 9.47 Å². The maximum Gasteiger partial charge on any atom is 0.416 e. The number of benzene rings is 2. The van der Waals surface area contributed by atoms with Crippen LogP contribution in [0.2, 0.25) is 0 Å². The van der Waals surface area contributed by atoms with E-state index in [0.29, 0.717) is 5.56 Å². The molecule has 9 nitrogen and oxygen atoms in total. The van der Waals surface area contributed by atoms with Crippen LogP contribution >= 0.6 is 0 Å². The van der Waals surface area contributed by atoms with E-state index < -0.39 is 42.9 Å². The maximum absolute atomic E-state index is 12.7. The molecule has 0 aliphatic heterocycles. The van der Waals surface area contributed by atoms with Gasteiger partial charge in [-0.05, 0) is 35.9 Å². The monoisotopic (exact) mass is 577 g/mol. The lowest BCUT2D eigenvalue weighted by Crippen LogP contribution is -2.33. The van der Waals surface area contributed by atoms with Crippen LogP contribution in [0, 0.1) is 0 Å². The van der Waals surface area contributed by atoms with Crippen LogP contribution in [0.5, 0.6) is 5.75 Å². The summed E-state index contributed by atoms with van der Waals surface area (Å²) in [4.78, 5) is 24.7. The van der Waals surface area contributed by atoms with Gasteiger partial charge >= 0.3 is 12.4 Å². The highest BCUT2D eigenvalue weighted by atomic mass is 19.4. The minimum atomic E-state index is -4.62. The maximum atomic E-state index is 12.7. The molecule has 2 N–H and O–H groups in total. The molecule has 0 saturated heterocycles. The molecule has 1 aromatic heterocycles. The second-order valence-electron chi connectivity index (χ2n) is 8.06. The number of aromatic nitrogens is 3. The molecule has 0 spiro atoms. The molecule has 0 aliphatic rings. The summed E-state index contributed by atoms with van der Waals surface area (Å²) < 4.78 is 99.4. The second-order valence-corrected chi connectivity index (χ2v) is 8.06. The van der Waals surface area contributed by atoms with Gasteiger partial charge < -0.3 is 20.1 Å². The van der Waals surface area contributed by atoms with E-state index in [1.165, 1.54) is 30.5 Å². The third-order valence-corrected chi connectivity index (χ3v) is 5.09. The lowest BCUT2D eigenvalue weighted by Gasteiger charge is -2.14. The minimum Gasteiger partial charge on any atom is -0.489 e. The molecule has 16 heteroatoms. The zero-order valence-electron chi connectivity index (χ0n) is 20.5. The fourth-order valence-electron chi connectivity index (χ4n) is 3.18. The first-order valence-electron chi connectivity index (χ1n) is 11.5. The molecule has 0 atom stereocenters. The highest BCUT2D eigenvalue weighted by Gasteiger charge is 2.30. The van der Waals surface area contributed by atoms with Crippen molar-refractivity contribution in [1.29, 1.82) is 0 Å². The SMILES string of the molecule is O=C(NCC(F)(F)F)c1ccc(-n2cc(C(=O)NCc3ccc(C(F)(F)F)cc3)nn2)c(OCCOCCF)c1. The standard InChI is InChI=1S/C24H22F7N5O4/c25-7-8-39-9-10-40-20-11-16(21(37)33-14-23(26,27)28)3-6-19(20)36-13-18(34-35-36)22(38)32-12-15-1-4-17(5-2-15)24(29,30)31/h1-6,11,13H,7-10,12,14H2,(H,32,38)(H,33,37). The van der Waals surface area contributed by atoms with Crippen LogP contribution < -0.4 is 15.4 Å². The Morgan fingerprint density at radius 2 is 1.62 bits per heavy atom. The number of carbonyl (C=O) groups excluding carboxylic acids is 2. The van der Waals surface area contributed by atoms with Crippen LogP contribution in [0.1, 0.15) is 32.0 Å². The predicted molar refractivity (Wildman–Crippen MR) is 125 cm³/mol. The summed E-state index contributed by atoms with van der Waals surface area (Å²) in [6.07, 6.45) is -7.91. The number of rotatable bonds is 12. The molecular weight excluding hydrogens is 555 g/mol. The van der Waals surface area contributed by atoms with Gasteiger partial charge in [-0.3, -0.25) is 9.59 Å². The Kier molecular flexibility index (Phi) is 10.0. The van der Waals surface area contributed by atoms with Crippen LogP contribution in [0.25, 0.3) is 5.69 Å². The molecule has 0 saturated carbocycles. The molecule has 0 unspecified atom stereocenters. The topological polar surface area (TPSA) is 107 Å². The van der Waals surface area contributed by atoms with Crippen molar-refractivity contribution < 1.29 is 49.8 Å². The minimum absolute atomic E-state index is 0.0230. The van der Waals surface area contributed by atoms with Crippen molar-refractivity contribution in [1.82, 2.24) is 25.6 Å². The van der Waals surface area contributed by atoms with Gasteiger partial charge in [-0.15, -0.1) is 5.10 Å². The number of amides is 2. The number of halogens is 7. The summed E-state index contributed by atoms with van der Waals surface area (Å²) in [6.45, 7) is -2.70. The number of hydrogen-bond acceptors (Lipinski definition) is 6. The van der Waals surface area contributed by atoms with Gasteiger partial charge in [0.25, 0.3) is 11.8 Å². The van der Waals surface area contributed by atoms with Crippen LogP contribution in [0.4, 0.5) is 30.7 Å². The molecule has 0 fully saturated rings. The fraction of sp³-hybridized carbons (Fsp3) is 0.333. The second kappa shape index (κ2) is 13.2. The lowest BCUT2D eigenvalue weighted by molar-refractivity contribution is -0.137. The molecule has 0 radical (unpaired) electrons. The highest BCUT2D eigenvalue weighted by Crippen LogP contribution is 2.29. The molecule has 40 heavy (non-hydrogen) atoms. The van der Waals surface area contributed by atoms with E-state index >= 15 is 0 Å². The van der Waals surface area contributed by atoms with Crippen molar-refractivity contribution in [3.8, 4) is 11.4 Å². The van der Waals surface area contributed by atoms with E-state index in [1.54, 1.807) is 5.32 Å². The van der Waals surface area contributed by atoms with Crippen molar-refractivity contribution in [3.63, 3.8) is 0 Å². The van der Waals surface area contributed by atoms with Gasteiger partial charge in [0, 0.05) is 12.1 Å². The molecule has 0 bridgehead atoms. The number of nitrogens with zero attached hydrogens (tertiary/aromatic N) is 3. The van der Waals surface area contributed by atoms with Gasteiger partial charge in [0.05, 0.1) is 25.0 Å². The average Bonchev–Trinajstić information content (AvgIpc) is 3.40. The Morgan fingerprint density at radius 1 is 0.900 bits per heavy atom. The molecule has 2 aromatic carbocycles. The van der Waals surface area contributed by atoms with Crippen molar-refractivity contribution in [2.45, 2.75) is 18.9 Å². The zero-order valence-corrected chi connectivity index (χ0v) is 20.5. The number of nitrogens with one attached hydrogen (secondary N) is 2. The number of ether oxygens (including phenoxy) is 2. The fourth-order valence-corrected chi connectivity index (χ4v) is 3.18. The Morgan fingerprint density at radius 3 is 2.27 bits per heavy atom. The summed E-state index contributed by atoms with van der Waals surface area (Å²) in [6, 6.07) is 7.87. The normalized spacial score (nSPS) is 11.8. The van der Waals surface area contributed by atoms with Crippen LogP contribution in [0.15, 0.2) is 48.7 Å². The number of hydrogen-bond donors (Lipinski definition) is 2. The van der Waals surface area contributed by atoms with Crippen molar-refractivity contribution in [2.24, 2.45) is 0 Å². The van der Waals surface area contributed by atoms with Gasteiger partial charge in [-0.1, -0.05) is 17.3 Å². The lowest BCUT2D eigenvalue weighted by atomic mass is 10.1. The summed E-state index contributed by atoms with van der Waals surface area (Å²) in [5.74, 6) is -1.74.